The molecule has 20 heavy (non-hydrogen) atoms. The third-order valence-corrected chi connectivity index (χ3v) is 4.83. The minimum atomic E-state index is -0.363. The molecule has 116 valence electrons. The molecule has 0 aromatic carbocycles. The highest BCUT2D eigenvalue weighted by Gasteiger charge is 2.55. The summed E-state index contributed by atoms with van der Waals surface area (Å²) in [6.45, 7) is 12.3. The lowest BCUT2D eigenvalue weighted by Crippen LogP contribution is -2.41. The van der Waals surface area contributed by atoms with Crippen molar-refractivity contribution in [3.8, 4) is 0 Å². The molecule has 1 aliphatic rings. The Bertz CT molecular complexity index is 328. The fourth-order valence-corrected chi connectivity index (χ4v) is 2.75. The van der Waals surface area contributed by atoms with Crippen molar-refractivity contribution in [2.75, 3.05) is 0 Å². The monoisotopic (exact) mass is 283 g/mol. The lowest BCUT2D eigenvalue weighted by atomic mass is 9.61. The smallest absolute Gasteiger partial charge is 0.403 e. The van der Waals surface area contributed by atoms with Gasteiger partial charge in [0.25, 0.3) is 0 Å². The van der Waals surface area contributed by atoms with Crippen LogP contribution in [0.3, 0.4) is 0 Å². The largest absolute Gasteiger partial charge is 0.461 e. The van der Waals surface area contributed by atoms with Gasteiger partial charge >= 0.3 is 7.12 Å². The molecule has 0 spiro atoms. The van der Waals surface area contributed by atoms with E-state index in [0.717, 1.165) is 25.7 Å². The van der Waals surface area contributed by atoms with E-state index >= 15 is 0 Å². The summed E-state index contributed by atoms with van der Waals surface area (Å²) in [5, 5.41) is 0. The number of nitrogens with two attached hydrogens (primary N) is 1. The Hall–Kier alpha value is -0.545. The van der Waals surface area contributed by atoms with Crippen LogP contribution < -0.4 is 5.73 Å². The van der Waals surface area contributed by atoms with E-state index in [1.807, 2.05) is 34.6 Å². The Labute approximate surface area is 123 Å². The first kappa shape index (κ1) is 17.5. The number of amides is 1. The summed E-state index contributed by atoms with van der Waals surface area (Å²) in [5.74, 6) is -0.391. The van der Waals surface area contributed by atoms with Gasteiger partial charge in [0.15, 0.2) is 0 Å². The summed E-state index contributed by atoms with van der Waals surface area (Å²) >= 11 is 0. The summed E-state index contributed by atoms with van der Waals surface area (Å²) in [6, 6.07) is 0. The van der Waals surface area contributed by atoms with E-state index in [-0.39, 0.29) is 36.0 Å². The minimum absolute atomic E-state index is 0.0403. The first-order chi connectivity index (χ1) is 9.16. The van der Waals surface area contributed by atoms with Gasteiger partial charge in [-0.25, -0.2) is 0 Å². The minimum Gasteiger partial charge on any atom is -0.403 e. The van der Waals surface area contributed by atoms with Gasteiger partial charge in [-0.1, -0.05) is 33.1 Å². The SMILES string of the molecule is CCCC[C@@H](B1OC(C)(C)C(C)(C)O1)C(CC)C(N)=O. The van der Waals surface area contributed by atoms with Crippen molar-refractivity contribution in [1.29, 1.82) is 0 Å². The quantitative estimate of drug-likeness (QED) is 0.730. The van der Waals surface area contributed by atoms with Gasteiger partial charge in [-0.3, -0.25) is 4.79 Å². The Balaban J connectivity index is 2.92. The van der Waals surface area contributed by atoms with Gasteiger partial charge in [-0.05, 0) is 34.1 Å². The van der Waals surface area contributed by atoms with Crippen molar-refractivity contribution >= 4 is 13.0 Å². The highest BCUT2D eigenvalue weighted by molar-refractivity contribution is 6.48. The van der Waals surface area contributed by atoms with Crippen LogP contribution in [0.4, 0.5) is 0 Å². The molecule has 0 aliphatic carbocycles. The number of hydrogen-bond donors (Lipinski definition) is 1. The topological polar surface area (TPSA) is 61.6 Å². The van der Waals surface area contributed by atoms with Crippen LogP contribution in [-0.2, 0) is 14.1 Å². The molecule has 0 aromatic heterocycles. The molecule has 0 radical (unpaired) electrons. The van der Waals surface area contributed by atoms with Crippen LogP contribution in [0.25, 0.3) is 0 Å². The first-order valence-corrected chi connectivity index (χ1v) is 7.81. The van der Waals surface area contributed by atoms with Gasteiger partial charge in [0, 0.05) is 11.7 Å². The second-order valence-corrected chi connectivity index (χ2v) is 6.85. The number of primary amides is 1. The normalized spacial score (nSPS) is 23.6. The van der Waals surface area contributed by atoms with Crippen LogP contribution in [0.5, 0.6) is 0 Å². The molecule has 2 N–H and O–H groups in total. The molecule has 1 amide bonds. The van der Waals surface area contributed by atoms with Crippen molar-refractivity contribution in [3.63, 3.8) is 0 Å². The molecule has 1 fully saturated rings. The van der Waals surface area contributed by atoms with E-state index in [0.29, 0.717) is 0 Å². The summed E-state index contributed by atoms with van der Waals surface area (Å²) in [4.78, 5) is 11.7. The standard InChI is InChI=1S/C15H30BNO3/c1-7-9-10-12(11(8-2)13(17)18)16-19-14(3,4)15(5,6)20-16/h11-12H,7-10H2,1-6H3,(H2,17,18)/t11?,12-/m1/s1. The molecule has 1 heterocycles. The number of hydrogen-bond acceptors (Lipinski definition) is 3. The fraction of sp³-hybridized carbons (Fsp3) is 0.933. The number of unbranched alkanes of at least 4 members (excludes halogenated alkanes) is 1. The second-order valence-electron chi connectivity index (χ2n) is 6.85. The van der Waals surface area contributed by atoms with E-state index in [9.17, 15) is 4.79 Å². The van der Waals surface area contributed by atoms with Gasteiger partial charge in [0.1, 0.15) is 0 Å². The molecule has 0 saturated carbocycles. The van der Waals surface area contributed by atoms with Gasteiger partial charge in [-0.2, -0.15) is 0 Å². The molecule has 0 aromatic rings. The predicted molar refractivity (Wildman–Crippen MR) is 82.3 cm³/mol. The summed E-state index contributed by atoms with van der Waals surface area (Å²) in [7, 11) is -0.344. The summed E-state index contributed by atoms with van der Waals surface area (Å²) in [5.41, 5.74) is 4.85. The maximum absolute atomic E-state index is 11.7. The third kappa shape index (κ3) is 3.56. The van der Waals surface area contributed by atoms with E-state index in [1.165, 1.54) is 0 Å². The lowest BCUT2D eigenvalue weighted by Gasteiger charge is -2.32. The molecule has 1 saturated heterocycles. The van der Waals surface area contributed by atoms with Gasteiger partial charge < -0.3 is 15.0 Å². The van der Waals surface area contributed by atoms with E-state index < -0.39 is 0 Å². The lowest BCUT2D eigenvalue weighted by molar-refractivity contribution is -0.122. The number of rotatable bonds is 7. The first-order valence-electron chi connectivity index (χ1n) is 7.81. The molecule has 5 heteroatoms. The molecule has 1 rings (SSSR count). The third-order valence-electron chi connectivity index (χ3n) is 4.83. The zero-order valence-electron chi connectivity index (χ0n) is 13.9. The van der Waals surface area contributed by atoms with Crippen molar-refractivity contribution in [2.45, 2.75) is 84.2 Å². The Kier molecular flexibility index (Phi) is 5.67. The highest BCUT2D eigenvalue weighted by Crippen LogP contribution is 2.43. The average Bonchev–Trinajstić information content (AvgIpc) is 2.53. The van der Waals surface area contributed by atoms with Crippen LogP contribution in [-0.4, -0.2) is 24.2 Å². The molecule has 4 nitrogen and oxygen atoms in total. The summed E-state index contributed by atoms with van der Waals surface area (Å²) < 4.78 is 12.3. The van der Waals surface area contributed by atoms with Gasteiger partial charge in [-0.15, -0.1) is 0 Å². The predicted octanol–water partition coefficient (Wildman–Crippen LogP) is 3.15. The fourth-order valence-electron chi connectivity index (χ4n) is 2.75. The van der Waals surface area contributed by atoms with Crippen molar-refractivity contribution in [3.05, 3.63) is 0 Å². The van der Waals surface area contributed by atoms with E-state index in [2.05, 4.69) is 6.92 Å². The van der Waals surface area contributed by atoms with Crippen LogP contribution in [0, 0.1) is 5.92 Å². The zero-order chi connectivity index (χ0) is 15.6. The molecule has 1 unspecified atom stereocenters. The van der Waals surface area contributed by atoms with Gasteiger partial charge in [0.2, 0.25) is 5.91 Å². The number of carbonyl (C=O) groups excluding carboxylic acids is 1. The molecule has 1 aliphatic heterocycles. The highest BCUT2D eigenvalue weighted by atomic mass is 16.7. The molecule has 2 atom stereocenters. The maximum Gasteiger partial charge on any atom is 0.461 e. The molecule has 0 bridgehead atoms. The molecular formula is C15H30BNO3. The van der Waals surface area contributed by atoms with Crippen LogP contribution >= 0.6 is 0 Å². The van der Waals surface area contributed by atoms with Crippen molar-refractivity contribution in [1.82, 2.24) is 0 Å². The van der Waals surface area contributed by atoms with Crippen LogP contribution in [0.15, 0.2) is 0 Å². The number of carbonyl (C=O) groups is 1. The van der Waals surface area contributed by atoms with Crippen molar-refractivity contribution in [2.24, 2.45) is 11.7 Å². The van der Waals surface area contributed by atoms with Crippen LogP contribution in [0.1, 0.15) is 67.2 Å². The van der Waals surface area contributed by atoms with Gasteiger partial charge in [0.05, 0.1) is 11.2 Å². The average molecular weight is 283 g/mol. The van der Waals surface area contributed by atoms with E-state index in [4.69, 9.17) is 15.0 Å². The Morgan fingerprint density at radius 2 is 1.65 bits per heavy atom. The van der Waals surface area contributed by atoms with Crippen molar-refractivity contribution < 1.29 is 14.1 Å². The van der Waals surface area contributed by atoms with Crippen LogP contribution in [0.2, 0.25) is 5.82 Å². The molecular weight excluding hydrogens is 253 g/mol. The Morgan fingerprint density at radius 3 is 2.00 bits per heavy atom. The summed E-state index contributed by atoms with van der Waals surface area (Å²) in [6.07, 6.45) is 3.78. The second kappa shape index (κ2) is 6.48. The Morgan fingerprint density at radius 1 is 1.15 bits per heavy atom. The maximum atomic E-state index is 11.7. The zero-order valence-corrected chi connectivity index (χ0v) is 13.9. The van der Waals surface area contributed by atoms with E-state index in [1.54, 1.807) is 0 Å².